The Morgan fingerprint density at radius 2 is 1.79 bits per heavy atom. The number of anilines is 1. The first-order valence-electron chi connectivity index (χ1n) is 9.42. The zero-order chi connectivity index (χ0) is 19.7. The number of rotatable bonds is 4. The van der Waals surface area contributed by atoms with Crippen molar-refractivity contribution in [3.8, 4) is 5.82 Å². The second kappa shape index (κ2) is 8.11. The highest BCUT2D eigenvalue weighted by Crippen LogP contribution is 2.28. The fourth-order valence-corrected chi connectivity index (χ4v) is 4.28. The van der Waals surface area contributed by atoms with Crippen molar-refractivity contribution in [2.75, 3.05) is 31.1 Å². The largest absolute Gasteiger partial charge is 0.366 e. The molecule has 1 aliphatic heterocycles. The molecule has 0 unspecified atom stereocenters. The standard InChI is InChI=1S/C21H23Cl2N5/c1-15-21(16(2)28(25-15)20-5-3-4-8-24-20)27-11-9-26(10-12-27)14-17-6-7-18(22)13-19(17)23/h3-8,13H,9-12,14H2,1-2H3. The summed E-state index contributed by atoms with van der Waals surface area (Å²) in [5.41, 5.74) is 4.51. The molecule has 146 valence electrons. The minimum atomic E-state index is 0.675. The van der Waals surface area contributed by atoms with Crippen LogP contribution in [0.1, 0.15) is 17.0 Å². The first kappa shape index (κ1) is 19.2. The molecule has 4 rings (SSSR count). The van der Waals surface area contributed by atoms with Crippen molar-refractivity contribution in [2.45, 2.75) is 20.4 Å². The minimum Gasteiger partial charge on any atom is -0.366 e. The van der Waals surface area contributed by atoms with E-state index in [-0.39, 0.29) is 0 Å². The van der Waals surface area contributed by atoms with Crippen molar-refractivity contribution in [2.24, 2.45) is 0 Å². The predicted molar refractivity (Wildman–Crippen MR) is 115 cm³/mol. The maximum Gasteiger partial charge on any atom is 0.153 e. The zero-order valence-electron chi connectivity index (χ0n) is 16.1. The van der Waals surface area contributed by atoms with E-state index in [1.807, 2.05) is 41.1 Å². The number of pyridine rings is 1. The highest BCUT2D eigenvalue weighted by atomic mass is 35.5. The normalized spacial score (nSPS) is 15.2. The van der Waals surface area contributed by atoms with Crippen LogP contribution < -0.4 is 4.90 Å². The van der Waals surface area contributed by atoms with Crippen LogP contribution in [-0.2, 0) is 6.54 Å². The molecule has 7 heteroatoms. The Kier molecular flexibility index (Phi) is 5.58. The second-order valence-corrected chi connectivity index (χ2v) is 7.96. The van der Waals surface area contributed by atoms with Gasteiger partial charge in [-0.25, -0.2) is 9.67 Å². The van der Waals surface area contributed by atoms with E-state index in [1.165, 1.54) is 5.69 Å². The lowest BCUT2D eigenvalue weighted by atomic mass is 10.2. The number of nitrogens with zero attached hydrogens (tertiary/aromatic N) is 5. The van der Waals surface area contributed by atoms with Crippen LogP contribution in [0.15, 0.2) is 42.6 Å². The quantitative estimate of drug-likeness (QED) is 0.627. The summed E-state index contributed by atoms with van der Waals surface area (Å²) in [6, 6.07) is 11.6. The molecule has 0 amide bonds. The van der Waals surface area contributed by atoms with Gasteiger partial charge in [0.1, 0.15) is 0 Å². The van der Waals surface area contributed by atoms with Crippen molar-refractivity contribution >= 4 is 28.9 Å². The molecule has 1 fully saturated rings. The lowest BCUT2D eigenvalue weighted by Gasteiger charge is -2.36. The molecule has 3 aromatic rings. The van der Waals surface area contributed by atoms with Crippen LogP contribution in [0.3, 0.4) is 0 Å². The highest BCUT2D eigenvalue weighted by Gasteiger charge is 2.24. The van der Waals surface area contributed by atoms with Crippen LogP contribution in [0.4, 0.5) is 5.69 Å². The second-order valence-electron chi connectivity index (χ2n) is 7.12. The number of aryl methyl sites for hydroxylation is 1. The van der Waals surface area contributed by atoms with Gasteiger partial charge in [-0.2, -0.15) is 5.10 Å². The molecule has 0 saturated carbocycles. The van der Waals surface area contributed by atoms with Gasteiger partial charge in [-0.1, -0.05) is 35.3 Å². The van der Waals surface area contributed by atoms with E-state index < -0.39 is 0 Å². The van der Waals surface area contributed by atoms with Crippen molar-refractivity contribution < 1.29 is 0 Å². The van der Waals surface area contributed by atoms with Crippen molar-refractivity contribution in [3.63, 3.8) is 0 Å². The topological polar surface area (TPSA) is 37.2 Å². The van der Waals surface area contributed by atoms with Crippen LogP contribution in [0.5, 0.6) is 0 Å². The van der Waals surface area contributed by atoms with Crippen molar-refractivity contribution in [1.82, 2.24) is 19.7 Å². The average Bonchev–Trinajstić information content (AvgIpc) is 3.00. The molecule has 1 aliphatic rings. The number of halogens is 2. The van der Waals surface area contributed by atoms with Gasteiger partial charge in [0.25, 0.3) is 0 Å². The third kappa shape index (κ3) is 3.88. The zero-order valence-corrected chi connectivity index (χ0v) is 17.6. The Morgan fingerprint density at radius 3 is 2.46 bits per heavy atom. The van der Waals surface area contributed by atoms with Gasteiger partial charge in [-0.3, -0.25) is 4.90 Å². The Bertz CT molecular complexity index is 962. The summed E-state index contributed by atoms with van der Waals surface area (Å²) in [6.45, 7) is 8.90. The van der Waals surface area contributed by atoms with E-state index in [1.54, 1.807) is 6.20 Å². The number of piperazine rings is 1. The van der Waals surface area contributed by atoms with Gasteiger partial charge in [-0.15, -0.1) is 0 Å². The predicted octanol–water partition coefficient (Wildman–Crippen LogP) is 4.51. The van der Waals surface area contributed by atoms with E-state index >= 15 is 0 Å². The fourth-order valence-electron chi connectivity index (χ4n) is 3.81. The number of aromatic nitrogens is 3. The molecule has 3 heterocycles. The van der Waals surface area contributed by atoms with E-state index in [9.17, 15) is 0 Å². The van der Waals surface area contributed by atoms with Gasteiger partial charge >= 0.3 is 0 Å². The van der Waals surface area contributed by atoms with Gasteiger partial charge in [-0.05, 0) is 43.7 Å². The van der Waals surface area contributed by atoms with Crippen LogP contribution in [0.2, 0.25) is 10.0 Å². The van der Waals surface area contributed by atoms with Crippen molar-refractivity contribution in [3.05, 3.63) is 69.6 Å². The minimum absolute atomic E-state index is 0.675. The summed E-state index contributed by atoms with van der Waals surface area (Å²) in [7, 11) is 0. The molecular weight excluding hydrogens is 393 g/mol. The number of hydrogen-bond acceptors (Lipinski definition) is 4. The number of hydrogen-bond donors (Lipinski definition) is 0. The maximum absolute atomic E-state index is 6.34. The molecule has 28 heavy (non-hydrogen) atoms. The molecular formula is C21H23Cl2N5. The average molecular weight is 416 g/mol. The maximum atomic E-state index is 6.34. The summed E-state index contributed by atoms with van der Waals surface area (Å²) in [6.07, 6.45) is 1.80. The Morgan fingerprint density at radius 1 is 1.00 bits per heavy atom. The molecule has 0 bridgehead atoms. The smallest absolute Gasteiger partial charge is 0.153 e. The van der Waals surface area contributed by atoms with E-state index in [2.05, 4.69) is 28.6 Å². The van der Waals surface area contributed by atoms with Crippen LogP contribution in [-0.4, -0.2) is 45.8 Å². The number of benzene rings is 1. The van der Waals surface area contributed by atoms with E-state index in [0.29, 0.717) is 5.02 Å². The molecule has 0 atom stereocenters. The molecule has 5 nitrogen and oxygen atoms in total. The van der Waals surface area contributed by atoms with Gasteiger partial charge in [0.2, 0.25) is 0 Å². The highest BCUT2D eigenvalue weighted by molar-refractivity contribution is 6.35. The Balaban J connectivity index is 1.46. The third-order valence-corrected chi connectivity index (χ3v) is 5.80. The fraction of sp³-hybridized carbons (Fsp3) is 0.333. The van der Waals surface area contributed by atoms with Gasteiger partial charge < -0.3 is 4.90 Å². The lowest BCUT2D eigenvalue weighted by molar-refractivity contribution is 0.250. The monoisotopic (exact) mass is 415 g/mol. The molecule has 0 spiro atoms. The molecule has 1 saturated heterocycles. The van der Waals surface area contributed by atoms with Crippen LogP contribution in [0, 0.1) is 13.8 Å². The van der Waals surface area contributed by atoms with Crippen molar-refractivity contribution in [1.29, 1.82) is 0 Å². The van der Waals surface area contributed by atoms with E-state index in [0.717, 1.165) is 60.5 Å². The first-order chi connectivity index (χ1) is 13.5. The summed E-state index contributed by atoms with van der Waals surface area (Å²) in [5, 5.41) is 6.14. The molecule has 0 radical (unpaired) electrons. The summed E-state index contributed by atoms with van der Waals surface area (Å²) in [4.78, 5) is 9.29. The summed E-state index contributed by atoms with van der Waals surface area (Å²) < 4.78 is 1.94. The summed E-state index contributed by atoms with van der Waals surface area (Å²) >= 11 is 12.3. The first-order valence-corrected chi connectivity index (χ1v) is 10.2. The molecule has 0 aliphatic carbocycles. The van der Waals surface area contributed by atoms with Gasteiger partial charge in [0, 0.05) is 49.0 Å². The molecule has 0 N–H and O–H groups in total. The lowest BCUT2D eigenvalue weighted by Crippen LogP contribution is -2.46. The van der Waals surface area contributed by atoms with E-state index in [4.69, 9.17) is 28.3 Å². The third-order valence-electron chi connectivity index (χ3n) is 5.22. The van der Waals surface area contributed by atoms with Gasteiger partial charge in [0.05, 0.1) is 17.1 Å². The molecule has 2 aromatic heterocycles. The van der Waals surface area contributed by atoms with Crippen LogP contribution in [0.25, 0.3) is 5.82 Å². The Hall–Kier alpha value is -2.08. The van der Waals surface area contributed by atoms with Gasteiger partial charge in [0.15, 0.2) is 5.82 Å². The Labute approximate surface area is 175 Å². The molecule has 1 aromatic carbocycles. The summed E-state index contributed by atoms with van der Waals surface area (Å²) in [5.74, 6) is 0.852. The van der Waals surface area contributed by atoms with Crippen LogP contribution >= 0.6 is 23.2 Å². The SMILES string of the molecule is Cc1nn(-c2ccccn2)c(C)c1N1CCN(Cc2ccc(Cl)cc2Cl)CC1.